The Kier molecular flexibility index (Phi) is 4.07. The van der Waals surface area contributed by atoms with Gasteiger partial charge in [-0.25, -0.2) is 4.98 Å². The number of pyridine rings is 3. The van der Waals surface area contributed by atoms with Crippen LogP contribution in [0.5, 0.6) is 0 Å². The van der Waals surface area contributed by atoms with Crippen molar-refractivity contribution in [2.45, 2.75) is 6.54 Å². The molecule has 0 aliphatic carbocycles. The van der Waals surface area contributed by atoms with Gasteiger partial charge in [0.2, 0.25) is 0 Å². The van der Waals surface area contributed by atoms with Crippen molar-refractivity contribution < 1.29 is 4.42 Å². The first kappa shape index (κ1) is 17.5. The molecular weight excluding hydrogens is 390 g/mol. The lowest BCUT2D eigenvalue weighted by Crippen LogP contribution is -2.22. The third-order valence-electron chi connectivity index (χ3n) is 4.83. The second kappa shape index (κ2) is 6.76. The van der Waals surface area contributed by atoms with E-state index in [-0.39, 0.29) is 11.1 Å². The van der Waals surface area contributed by atoms with Crippen LogP contribution in [-0.4, -0.2) is 14.1 Å². The Bertz CT molecular complexity index is 1480. The summed E-state index contributed by atoms with van der Waals surface area (Å²) < 4.78 is 8.32. The highest BCUT2D eigenvalue weighted by atomic mass is 35.5. The second-order valence-corrected chi connectivity index (χ2v) is 7.03. The summed E-state index contributed by atoms with van der Waals surface area (Å²) in [5.74, 6) is 0.668. The van der Waals surface area contributed by atoms with Gasteiger partial charge >= 0.3 is 0 Å². The molecule has 0 aliphatic heterocycles. The maximum absolute atomic E-state index is 13.1. The van der Waals surface area contributed by atoms with E-state index in [4.69, 9.17) is 16.0 Å². The number of furan rings is 1. The van der Waals surface area contributed by atoms with E-state index in [9.17, 15) is 9.59 Å². The average molecular weight is 404 g/mol. The number of aromatic nitrogens is 3. The standard InChI is InChI=1S/C22H14ClN3O3/c23-17-5-1-2-6-20(17)26-10-8-19-16(22(26)28)12-15-18(24-19)7-9-25(21(15)27)13-14-4-3-11-29-14/h1-12H,13H2. The number of halogens is 1. The monoisotopic (exact) mass is 403 g/mol. The molecule has 4 aromatic heterocycles. The van der Waals surface area contributed by atoms with Crippen LogP contribution in [0, 0.1) is 0 Å². The normalized spacial score (nSPS) is 11.3. The smallest absolute Gasteiger partial charge is 0.264 e. The van der Waals surface area contributed by atoms with E-state index in [0.717, 1.165) is 0 Å². The summed E-state index contributed by atoms with van der Waals surface area (Å²) in [7, 11) is 0. The molecule has 142 valence electrons. The van der Waals surface area contributed by atoms with Gasteiger partial charge in [0.25, 0.3) is 11.1 Å². The highest BCUT2D eigenvalue weighted by Gasteiger charge is 2.12. The Labute approximate surface area is 169 Å². The number of benzene rings is 1. The molecule has 0 radical (unpaired) electrons. The molecule has 5 aromatic rings. The summed E-state index contributed by atoms with van der Waals surface area (Å²) in [5.41, 5.74) is 1.11. The summed E-state index contributed by atoms with van der Waals surface area (Å²) in [6, 6.07) is 15.8. The maximum atomic E-state index is 13.1. The van der Waals surface area contributed by atoms with Gasteiger partial charge in [0.1, 0.15) is 5.76 Å². The first-order valence-corrected chi connectivity index (χ1v) is 9.32. The molecule has 5 rings (SSSR count). The average Bonchev–Trinajstić information content (AvgIpc) is 3.24. The van der Waals surface area contributed by atoms with Gasteiger partial charge in [-0.1, -0.05) is 23.7 Å². The van der Waals surface area contributed by atoms with Crippen LogP contribution in [-0.2, 0) is 6.54 Å². The number of nitrogens with zero attached hydrogens (tertiary/aromatic N) is 3. The molecule has 0 bridgehead atoms. The molecule has 0 saturated carbocycles. The number of hydrogen-bond acceptors (Lipinski definition) is 4. The zero-order chi connectivity index (χ0) is 20.0. The fraction of sp³-hybridized carbons (Fsp3) is 0.0455. The highest BCUT2D eigenvalue weighted by Crippen LogP contribution is 2.20. The van der Waals surface area contributed by atoms with Crippen LogP contribution in [0.2, 0.25) is 5.02 Å². The Hall–Kier alpha value is -3.64. The Morgan fingerprint density at radius 2 is 1.66 bits per heavy atom. The Morgan fingerprint density at radius 1 is 0.897 bits per heavy atom. The van der Waals surface area contributed by atoms with Gasteiger partial charge in [0.15, 0.2) is 0 Å². The molecule has 4 heterocycles. The minimum atomic E-state index is -0.286. The fourth-order valence-electron chi connectivity index (χ4n) is 3.40. The minimum Gasteiger partial charge on any atom is -0.467 e. The Morgan fingerprint density at radius 3 is 2.41 bits per heavy atom. The topological polar surface area (TPSA) is 70.0 Å². The molecule has 0 spiro atoms. The van der Waals surface area contributed by atoms with Crippen molar-refractivity contribution >= 4 is 33.4 Å². The molecule has 0 N–H and O–H groups in total. The van der Waals surface area contributed by atoms with Gasteiger partial charge in [-0.2, -0.15) is 0 Å². The first-order chi connectivity index (χ1) is 14.1. The van der Waals surface area contributed by atoms with Crippen LogP contribution in [0.25, 0.3) is 27.5 Å². The summed E-state index contributed by atoms with van der Waals surface area (Å²) in [6.07, 6.45) is 4.88. The number of para-hydroxylation sites is 1. The fourth-order valence-corrected chi connectivity index (χ4v) is 3.62. The van der Waals surface area contributed by atoms with Crippen molar-refractivity contribution in [3.63, 3.8) is 0 Å². The molecule has 29 heavy (non-hydrogen) atoms. The molecule has 0 saturated heterocycles. The van der Waals surface area contributed by atoms with Crippen LogP contribution in [0.1, 0.15) is 5.76 Å². The lowest BCUT2D eigenvalue weighted by molar-refractivity contribution is 0.490. The predicted molar refractivity (Wildman–Crippen MR) is 112 cm³/mol. The summed E-state index contributed by atoms with van der Waals surface area (Å²) in [5, 5.41) is 1.19. The van der Waals surface area contributed by atoms with Gasteiger partial charge in [0, 0.05) is 12.4 Å². The van der Waals surface area contributed by atoms with E-state index < -0.39 is 0 Å². The van der Waals surface area contributed by atoms with Crippen molar-refractivity contribution in [3.05, 3.63) is 105 Å². The van der Waals surface area contributed by atoms with Crippen molar-refractivity contribution in [2.24, 2.45) is 0 Å². The van der Waals surface area contributed by atoms with Crippen LogP contribution in [0.15, 0.2) is 87.3 Å². The Balaban J connectivity index is 1.73. The van der Waals surface area contributed by atoms with Gasteiger partial charge in [-0.15, -0.1) is 0 Å². The zero-order valence-corrected chi connectivity index (χ0v) is 15.8. The van der Waals surface area contributed by atoms with Crippen molar-refractivity contribution in [2.75, 3.05) is 0 Å². The minimum absolute atomic E-state index is 0.235. The van der Waals surface area contributed by atoms with Gasteiger partial charge < -0.3 is 8.98 Å². The largest absolute Gasteiger partial charge is 0.467 e. The molecule has 0 fully saturated rings. The molecule has 0 amide bonds. The van der Waals surface area contributed by atoms with E-state index >= 15 is 0 Å². The predicted octanol–water partition coefficient (Wildman–Crippen LogP) is 4.00. The van der Waals surface area contributed by atoms with Gasteiger partial charge in [0.05, 0.1) is 45.3 Å². The lowest BCUT2D eigenvalue weighted by atomic mass is 10.2. The molecule has 7 heteroatoms. The van der Waals surface area contributed by atoms with Crippen LogP contribution < -0.4 is 11.1 Å². The molecule has 6 nitrogen and oxygen atoms in total. The first-order valence-electron chi connectivity index (χ1n) is 8.95. The molecule has 1 aromatic carbocycles. The van der Waals surface area contributed by atoms with Gasteiger partial charge in [-0.05, 0) is 42.5 Å². The van der Waals surface area contributed by atoms with Crippen molar-refractivity contribution in [1.82, 2.24) is 14.1 Å². The lowest BCUT2D eigenvalue weighted by Gasteiger charge is -2.10. The molecule has 0 aliphatic rings. The molecular formula is C22H14ClN3O3. The number of fused-ring (bicyclic) bond motifs is 2. The quantitative estimate of drug-likeness (QED) is 0.427. The van der Waals surface area contributed by atoms with E-state index in [1.54, 1.807) is 67.2 Å². The zero-order valence-electron chi connectivity index (χ0n) is 15.1. The molecule has 0 atom stereocenters. The van der Waals surface area contributed by atoms with E-state index in [0.29, 0.717) is 44.8 Å². The van der Waals surface area contributed by atoms with Crippen LogP contribution in [0.4, 0.5) is 0 Å². The number of rotatable bonds is 3. The third kappa shape index (κ3) is 2.94. The van der Waals surface area contributed by atoms with Gasteiger partial charge in [-0.3, -0.25) is 14.2 Å². The van der Waals surface area contributed by atoms with E-state index in [2.05, 4.69) is 4.98 Å². The van der Waals surface area contributed by atoms with E-state index in [1.165, 1.54) is 9.13 Å². The summed E-state index contributed by atoms with van der Waals surface area (Å²) >= 11 is 6.25. The van der Waals surface area contributed by atoms with Crippen molar-refractivity contribution in [1.29, 1.82) is 0 Å². The summed E-state index contributed by atoms with van der Waals surface area (Å²) in [6.45, 7) is 0.304. The maximum Gasteiger partial charge on any atom is 0.264 e. The van der Waals surface area contributed by atoms with Crippen LogP contribution >= 0.6 is 11.6 Å². The third-order valence-corrected chi connectivity index (χ3v) is 5.15. The van der Waals surface area contributed by atoms with Crippen LogP contribution in [0.3, 0.4) is 0 Å². The molecule has 0 unspecified atom stereocenters. The number of hydrogen-bond donors (Lipinski definition) is 0. The highest BCUT2D eigenvalue weighted by molar-refractivity contribution is 6.32. The van der Waals surface area contributed by atoms with Crippen molar-refractivity contribution in [3.8, 4) is 5.69 Å². The summed E-state index contributed by atoms with van der Waals surface area (Å²) in [4.78, 5) is 30.6. The SMILES string of the molecule is O=c1c2cc3c(=O)n(-c4ccccc4Cl)ccc3nc2ccn1Cc1ccco1. The van der Waals surface area contributed by atoms with E-state index in [1.807, 2.05) is 6.07 Å². The second-order valence-electron chi connectivity index (χ2n) is 6.62.